The maximum absolute atomic E-state index is 11.5. The van der Waals surface area contributed by atoms with E-state index in [-0.39, 0.29) is 23.3 Å². The van der Waals surface area contributed by atoms with E-state index < -0.39 is 0 Å². The number of rotatable bonds is 3. The fraction of sp³-hybridized carbons (Fsp3) is 0.800. The van der Waals surface area contributed by atoms with Gasteiger partial charge < -0.3 is 5.32 Å². The average Bonchev–Trinajstić information content (AvgIpc) is 2.79. The Kier molecular flexibility index (Phi) is 2.60. The quantitative estimate of drug-likeness (QED) is 0.714. The van der Waals surface area contributed by atoms with Crippen LogP contribution in [-0.4, -0.2) is 11.9 Å². The van der Waals surface area contributed by atoms with Gasteiger partial charge in [0.25, 0.3) is 0 Å². The molecule has 0 bridgehead atoms. The molecule has 2 unspecified atom stereocenters. The molecule has 1 N–H and O–H groups in total. The van der Waals surface area contributed by atoms with Crippen molar-refractivity contribution in [1.29, 1.82) is 5.26 Å². The Morgan fingerprint density at radius 1 is 1.85 bits per heavy atom. The molecule has 13 heavy (non-hydrogen) atoms. The van der Waals surface area contributed by atoms with Crippen molar-refractivity contribution in [2.24, 2.45) is 11.3 Å². The van der Waals surface area contributed by atoms with Crippen molar-refractivity contribution in [3.05, 3.63) is 0 Å². The molecule has 1 rings (SSSR count). The van der Waals surface area contributed by atoms with Crippen LogP contribution in [0.15, 0.2) is 0 Å². The smallest absolute Gasteiger partial charge is 0.224 e. The number of carbonyl (C=O) groups excluding carboxylic acids is 1. The largest absolute Gasteiger partial charge is 0.340 e. The third-order valence-electron chi connectivity index (χ3n) is 3.03. The van der Waals surface area contributed by atoms with Crippen LogP contribution < -0.4 is 5.32 Å². The van der Waals surface area contributed by atoms with E-state index in [0.29, 0.717) is 0 Å². The van der Waals surface area contributed by atoms with Gasteiger partial charge in [0.2, 0.25) is 5.91 Å². The molecule has 3 heteroatoms. The molecule has 1 saturated carbocycles. The van der Waals surface area contributed by atoms with Crippen LogP contribution in [0.25, 0.3) is 0 Å². The number of hydrogen-bond acceptors (Lipinski definition) is 2. The van der Waals surface area contributed by atoms with Crippen LogP contribution >= 0.6 is 0 Å². The number of nitriles is 1. The zero-order chi connectivity index (χ0) is 10.1. The van der Waals surface area contributed by atoms with E-state index in [1.807, 2.05) is 6.07 Å². The van der Waals surface area contributed by atoms with E-state index in [1.54, 1.807) is 6.92 Å². The molecular formula is C10H16N2O. The summed E-state index contributed by atoms with van der Waals surface area (Å²) in [5.41, 5.74) is 0.194. The van der Waals surface area contributed by atoms with Gasteiger partial charge in [-0.2, -0.15) is 5.26 Å². The van der Waals surface area contributed by atoms with Gasteiger partial charge in [0.1, 0.15) is 6.04 Å². The minimum atomic E-state index is -0.366. The lowest BCUT2D eigenvalue weighted by Gasteiger charge is -2.09. The first-order chi connectivity index (χ1) is 6.03. The summed E-state index contributed by atoms with van der Waals surface area (Å²) in [5, 5.41) is 11.2. The van der Waals surface area contributed by atoms with E-state index in [2.05, 4.69) is 19.2 Å². The molecule has 1 aliphatic carbocycles. The Morgan fingerprint density at radius 3 is 2.85 bits per heavy atom. The van der Waals surface area contributed by atoms with E-state index in [9.17, 15) is 4.79 Å². The molecule has 0 heterocycles. The predicted octanol–water partition coefficient (Wildman–Crippen LogP) is 1.45. The van der Waals surface area contributed by atoms with Gasteiger partial charge in [0.15, 0.2) is 0 Å². The van der Waals surface area contributed by atoms with Gasteiger partial charge in [-0.3, -0.25) is 4.79 Å². The maximum Gasteiger partial charge on any atom is 0.224 e. The SMILES string of the molecule is CCC1(C)CC1C(=O)N[C@@H](C)C#N. The third kappa shape index (κ3) is 2.00. The summed E-state index contributed by atoms with van der Waals surface area (Å²) in [6.45, 7) is 5.92. The summed E-state index contributed by atoms with van der Waals surface area (Å²) >= 11 is 0. The van der Waals surface area contributed by atoms with E-state index in [0.717, 1.165) is 12.8 Å². The van der Waals surface area contributed by atoms with Gasteiger partial charge in [-0.1, -0.05) is 13.8 Å². The molecule has 1 amide bonds. The van der Waals surface area contributed by atoms with Crippen LogP contribution in [0.3, 0.4) is 0 Å². The Hall–Kier alpha value is -1.04. The van der Waals surface area contributed by atoms with Crippen molar-refractivity contribution in [3.63, 3.8) is 0 Å². The second-order valence-electron chi connectivity index (χ2n) is 4.12. The summed E-state index contributed by atoms with van der Waals surface area (Å²) in [7, 11) is 0. The fourth-order valence-electron chi connectivity index (χ4n) is 1.55. The summed E-state index contributed by atoms with van der Waals surface area (Å²) in [6.07, 6.45) is 2.00. The normalized spacial score (nSPS) is 33.2. The summed E-state index contributed by atoms with van der Waals surface area (Å²) < 4.78 is 0. The summed E-state index contributed by atoms with van der Waals surface area (Å²) in [5.74, 6) is 0.173. The minimum absolute atomic E-state index is 0.0402. The Morgan fingerprint density at radius 2 is 2.46 bits per heavy atom. The summed E-state index contributed by atoms with van der Waals surface area (Å²) in [4.78, 5) is 11.5. The lowest BCUT2D eigenvalue weighted by Crippen LogP contribution is -2.33. The van der Waals surface area contributed by atoms with Crippen LogP contribution in [0.4, 0.5) is 0 Å². The number of hydrogen-bond donors (Lipinski definition) is 1. The number of carbonyl (C=O) groups is 1. The van der Waals surface area contributed by atoms with Crippen molar-refractivity contribution in [2.45, 2.75) is 39.7 Å². The van der Waals surface area contributed by atoms with Gasteiger partial charge in [0.05, 0.1) is 6.07 Å². The minimum Gasteiger partial charge on any atom is -0.340 e. The highest BCUT2D eigenvalue weighted by atomic mass is 16.2. The van der Waals surface area contributed by atoms with Gasteiger partial charge in [-0.15, -0.1) is 0 Å². The van der Waals surface area contributed by atoms with Crippen molar-refractivity contribution in [1.82, 2.24) is 5.32 Å². The number of nitrogens with zero attached hydrogens (tertiary/aromatic N) is 1. The molecule has 72 valence electrons. The molecular weight excluding hydrogens is 164 g/mol. The Bertz CT molecular complexity index is 256. The number of amides is 1. The molecule has 0 aromatic carbocycles. The maximum atomic E-state index is 11.5. The van der Waals surface area contributed by atoms with Crippen LogP contribution in [-0.2, 0) is 4.79 Å². The average molecular weight is 180 g/mol. The molecule has 1 fully saturated rings. The lowest BCUT2D eigenvalue weighted by atomic mass is 10.0. The highest BCUT2D eigenvalue weighted by molar-refractivity contribution is 5.82. The Labute approximate surface area is 79.1 Å². The molecule has 0 aliphatic heterocycles. The van der Waals surface area contributed by atoms with Crippen molar-refractivity contribution < 1.29 is 4.79 Å². The van der Waals surface area contributed by atoms with E-state index >= 15 is 0 Å². The molecule has 0 radical (unpaired) electrons. The van der Waals surface area contributed by atoms with Crippen LogP contribution in [0.1, 0.15) is 33.6 Å². The topological polar surface area (TPSA) is 52.9 Å². The number of nitrogens with one attached hydrogen (secondary N) is 1. The molecule has 3 nitrogen and oxygen atoms in total. The van der Waals surface area contributed by atoms with Crippen LogP contribution in [0.5, 0.6) is 0 Å². The van der Waals surface area contributed by atoms with E-state index in [4.69, 9.17) is 5.26 Å². The predicted molar refractivity (Wildman–Crippen MR) is 49.7 cm³/mol. The monoisotopic (exact) mass is 180 g/mol. The van der Waals surface area contributed by atoms with Crippen molar-refractivity contribution in [2.75, 3.05) is 0 Å². The van der Waals surface area contributed by atoms with Gasteiger partial charge in [-0.05, 0) is 25.2 Å². The lowest BCUT2D eigenvalue weighted by molar-refractivity contribution is -0.123. The highest BCUT2D eigenvalue weighted by Crippen LogP contribution is 2.54. The van der Waals surface area contributed by atoms with Gasteiger partial charge in [0, 0.05) is 5.92 Å². The van der Waals surface area contributed by atoms with E-state index in [1.165, 1.54) is 0 Å². The zero-order valence-corrected chi connectivity index (χ0v) is 8.42. The van der Waals surface area contributed by atoms with Gasteiger partial charge in [-0.25, -0.2) is 0 Å². The fourth-order valence-corrected chi connectivity index (χ4v) is 1.55. The molecule has 0 saturated heterocycles. The van der Waals surface area contributed by atoms with Crippen LogP contribution in [0.2, 0.25) is 0 Å². The molecule has 3 atom stereocenters. The van der Waals surface area contributed by atoms with Crippen molar-refractivity contribution in [3.8, 4) is 6.07 Å². The molecule has 0 aromatic heterocycles. The van der Waals surface area contributed by atoms with Crippen molar-refractivity contribution >= 4 is 5.91 Å². The second kappa shape index (κ2) is 3.37. The first-order valence-corrected chi connectivity index (χ1v) is 4.73. The highest BCUT2D eigenvalue weighted by Gasteiger charge is 2.52. The first-order valence-electron chi connectivity index (χ1n) is 4.73. The molecule has 0 spiro atoms. The van der Waals surface area contributed by atoms with Crippen LogP contribution in [0, 0.1) is 22.7 Å². The van der Waals surface area contributed by atoms with Gasteiger partial charge >= 0.3 is 0 Å². The molecule has 1 aliphatic rings. The second-order valence-corrected chi connectivity index (χ2v) is 4.12. The zero-order valence-electron chi connectivity index (χ0n) is 8.42. The first kappa shape index (κ1) is 10.0. The Balaban J connectivity index is 2.41. The third-order valence-corrected chi connectivity index (χ3v) is 3.03. The molecule has 0 aromatic rings. The summed E-state index contributed by atoms with van der Waals surface area (Å²) in [6, 6.07) is 1.63. The standard InChI is InChI=1S/C10H16N2O/c1-4-10(3)5-8(10)9(13)12-7(2)6-11/h7-8H,4-5H2,1-3H3,(H,12,13)/t7-,8?,10?/m0/s1.